The standard InChI is InChI=1S/C24H24N2O4/c1-2-3-4-13-30-19-8-5-16(6-9-19)14-17-11-12-26-22(17)25-21-15-18(24(28)29)7-10-20(21)23(26)27/h5-10,14-15H,2-4,11-13H2,1H3,(H,28,29)/b17-14-. The molecular weight excluding hydrogens is 380 g/mol. The van der Waals surface area contributed by atoms with Crippen molar-refractivity contribution in [3.63, 3.8) is 0 Å². The van der Waals surface area contributed by atoms with Gasteiger partial charge in [-0.25, -0.2) is 9.78 Å². The summed E-state index contributed by atoms with van der Waals surface area (Å²) < 4.78 is 7.42. The Hall–Kier alpha value is -3.41. The number of nitrogens with zero attached hydrogens (tertiary/aromatic N) is 2. The maximum Gasteiger partial charge on any atom is 0.335 e. The zero-order valence-corrected chi connectivity index (χ0v) is 16.9. The van der Waals surface area contributed by atoms with Gasteiger partial charge in [-0.05, 0) is 60.4 Å². The summed E-state index contributed by atoms with van der Waals surface area (Å²) in [7, 11) is 0. The molecule has 3 aromatic rings. The molecule has 1 aromatic heterocycles. The lowest BCUT2D eigenvalue weighted by Crippen LogP contribution is -2.20. The fourth-order valence-electron chi connectivity index (χ4n) is 3.69. The SMILES string of the molecule is CCCCCOc1ccc(/C=C2/CCn3c2nc2cc(C(=O)O)ccc2c3=O)cc1. The molecule has 0 unspecified atom stereocenters. The molecule has 0 aliphatic carbocycles. The molecule has 0 fully saturated rings. The second kappa shape index (κ2) is 8.53. The summed E-state index contributed by atoms with van der Waals surface area (Å²) in [5.74, 6) is 0.420. The highest BCUT2D eigenvalue weighted by molar-refractivity contribution is 5.93. The van der Waals surface area contributed by atoms with Crippen LogP contribution in [0.25, 0.3) is 22.6 Å². The molecule has 1 aliphatic heterocycles. The van der Waals surface area contributed by atoms with Crippen molar-refractivity contribution >= 4 is 28.5 Å². The summed E-state index contributed by atoms with van der Waals surface area (Å²) in [6, 6.07) is 12.3. The van der Waals surface area contributed by atoms with Gasteiger partial charge in [0.25, 0.3) is 5.56 Å². The van der Waals surface area contributed by atoms with Crippen molar-refractivity contribution in [2.75, 3.05) is 6.61 Å². The van der Waals surface area contributed by atoms with Crippen LogP contribution in [0.15, 0.2) is 47.3 Å². The van der Waals surface area contributed by atoms with E-state index in [2.05, 4.69) is 11.9 Å². The molecule has 0 radical (unpaired) electrons. The Morgan fingerprint density at radius 1 is 1.20 bits per heavy atom. The Kier molecular flexibility index (Phi) is 5.65. The van der Waals surface area contributed by atoms with Crippen molar-refractivity contribution in [1.29, 1.82) is 0 Å². The summed E-state index contributed by atoms with van der Waals surface area (Å²) in [4.78, 5) is 28.7. The van der Waals surface area contributed by atoms with Crippen molar-refractivity contribution in [2.24, 2.45) is 0 Å². The zero-order valence-electron chi connectivity index (χ0n) is 16.9. The van der Waals surface area contributed by atoms with Gasteiger partial charge in [0.05, 0.1) is 23.1 Å². The van der Waals surface area contributed by atoms with Gasteiger partial charge in [-0.15, -0.1) is 0 Å². The van der Waals surface area contributed by atoms with E-state index in [0.717, 1.165) is 29.9 Å². The van der Waals surface area contributed by atoms with Crippen molar-refractivity contribution in [2.45, 2.75) is 39.2 Å². The normalized spacial score (nSPS) is 14.2. The third-order valence-corrected chi connectivity index (χ3v) is 5.33. The third kappa shape index (κ3) is 3.99. The van der Waals surface area contributed by atoms with Crippen LogP contribution in [0.3, 0.4) is 0 Å². The van der Waals surface area contributed by atoms with Crippen molar-refractivity contribution < 1.29 is 14.6 Å². The first-order valence-electron chi connectivity index (χ1n) is 10.3. The van der Waals surface area contributed by atoms with E-state index in [1.165, 1.54) is 25.0 Å². The average molecular weight is 404 g/mol. The molecule has 0 spiro atoms. The fourth-order valence-corrected chi connectivity index (χ4v) is 3.69. The molecule has 0 bridgehead atoms. The van der Waals surface area contributed by atoms with E-state index in [-0.39, 0.29) is 11.1 Å². The smallest absolute Gasteiger partial charge is 0.335 e. The molecule has 154 valence electrons. The highest BCUT2D eigenvalue weighted by atomic mass is 16.5. The van der Waals surface area contributed by atoms with Crippen molar-refractivity contribution in [1.82, 2.24) is 9.55 Å². The van der Waals surface area contributed by atoms with Gasteiger partial charge in [-0.1, -0.05) is 31.9 Å². The quantitative estimate of drug-likeness (QED) is 0.582. The lowest BCUT2D eigenvalue weighted by molar-refractivity contribution is 0.0697. The van der Waals surface area contributed by atoms with E-state index in [1.54, 1.807) is 10.6 Å². The third-order valence-electron chi connectivity index (χ3n) is 5.33. The first kappa shape index (κ1) is 19.9. The average Bonchev–Trinajstić information content (AvgIpc) is 3.15. The van der Waals surface area contributed by atoms with Gasteiger partial charge in [0.2, 0.25) is 0 Å². The minimum atomic E-state index is -1.04. The van der Waals surface area contributed by atoms with Gasteiger partial charge in [-0.2, -0.15) is 0 Å². The van der Waals surface area contributed by atoms with Crippen LogP contribution in [-0.4, -0.2) is 27.2 Å². The number of hydrogen-bond donors (Lipinski definition) is 1. The lowest BCUT2D eigenvalue weighted by Gasteiger charge is -2.07. The molecule has 0 amide bonds. The van der Waals surface area contributed by atoms with Gasteiger partial charge in [0.15, 0.2) is 0 Å². The number of benzene rings is 2. The molecule has 0 saturated heterocycles. The number of carbonyl (C=O) groups is 1. The van der Waals surface area contributed by atoms with Crippen LogP contribution in [0.5, 0.6) is 5.75 Å². The highest BCUT2D eigenvalue weighted by Crippen LogP contribution is 2.28. The second-order valence-corrected chi connectivity index (χ2v) is 7.47. The number of carboxylic acids is 1. The number of ether oxygens (including phenoxy) is 1. The molecule has 1 N–H and O–H groups in total. The van der Waals surface area contributed by atoms with E-state index in [9.17, 15) is 14.7 Å². The minimum Gasteiger partial charge on any atom is -0.494 e. The number of carboxylic acid groups (broad SMARTS) is 1. The molecule has 0 saturated carbocycles. The van der Waals surface area contributed by atoms with Crippen LogP contribution in [0.4, 0.5) is 0 Å². The minimum absolute atomic E-state index is 0.123. The summed E-state index contributed by atoms with van der Waals surface area (Å²) in [5.41, 5.74) is 2.37. The molecule has 0 atom stereocenters. The molecule has 4 rings (SSSR count). The van der Waals surface area contributed by atoms with Crippen LogP contribution in [0, 0.1) is 0 Å². The Morgan fingerprint density at radius 3 is 2.73 bits per heavy atom. The topological polar surface area (TPSA) is 81.4 Å². The summed E-state index contributed by atoms with van der Waals surface area (Å²) in [5, 5.41) is 9.66. The Morgan fingerprint density at radius 2 is 2.00 bits per heavy atom. The molecule has 1 aliphatic rings. The van der Waals surface area contributed by atoms with Gasteiger partial charge >= 0.3 is 5.97 Å². The first-order valence-corrected chi connectivity index (χ1v) is 10.3. The maximum absolute atomic E-state index is 12.8. The van der Waals surface area contributed by atoms with E-state index in [4.69, 9.17) is 4.74 Å². The number of rotatable bonds is 7. The lowest BCUT2D eigenvalue weighted by atomic mass is 10.1. The van der Waals surface area contributed by atoms with Crippen molar-refractivity contribution in [3.8, 4) is 5.75 Å². The predicted octanol–water partition coefficient (Wildman–Crippen LogP) is 4.61. The van der Waals surface area contributed by atoms with Crippen LogP contribution in [0.2, 0.25) is 0 Å². The molecule has 2 aromatic carbocycles. The number of hydrogen-bond acceptors (Lipinski definition) is 4. The van der Waals surface area contributed by atoms with Gasteiger partial charge in [0, 0.05) is 6.54 Å². The number of allylic oxidation sites excluding steroid dienone is 1. The van der Waals surface area contributed by atoms with Crippen LogP contribution < -0.4 is 10.3 Å². The van der Waals surface area contributed by atoms with E-state index in [0.29, 0.717) is 29.7 Å². The summed E-state index contributed by atoms with van der Waals surface area (Å²) in [6.07, 6.45) is 6.12. The molecule has 6 heteroatoms. The monoisotopic (exact) mass is 404 g/mol. The number of aromatic nitrogens is 2. The fraction of sp³-hybridized carbons (Fsp3) is 0.292. The maximum atomic E-state index is 12.8. The molecule has 6 nitrogen and oxygen atoms in total. The Bertz CT molecular complexity index is 1180. The number of aromatic carboxylic acids is 1. The first-order chi connectivity index (χ1) is 14.6. The number of unbranched alkanes of at least 4 members (excludes halogenated alkanes) is 2. The number of fused-ring (bicyclic) bond motifs is 2. The Balaban J connectivity index is 1.62. The predicted molar refractivity (Wildman–Crippen MR) is 117 cm³/mol. The highest BCUT2D eigenvalue weighted by Gasteiger charge is 2.21. The molecule has 2 heterocycles. The van der Waals surface area contributed by atoms with Gasteiger partial charge in [0.1, 0.15) is 11.6 Å². The molecular formula is C24H24N2O4. The van der Waals surface area contributed by atoms with Gasteiger partial charge in [-0.3, -0.25) is 9.36 Å². The van der Waals surface area contributed by atoms with Crippen LogP contribution >= 0.6 is 0 Å². The second-order valence-electron chi connectivity index (χ2n) is 7.47. The van der Waals surface area contributed by atoms with E-state index in [1.807, 2.05) is 30.3 Å². The molecule has 30 heavy (non-hydrogen) atoms. The van der Waals surface area contributed by atoms with Crippen LogP contribution in [0.1, 0.15) is 54.4 Å². The summed E-state index contributed by atoms with van der Waals surface area (Å²) in [6.45, 7) is 3.46. The zero-order chi connectivity index (χ0) is 21.1. The van der Waals surface area contributed by atoms with E-state index < -0.39 is 5.97 Å². The Labute approximate surface area is 174 Å². The van der Waals surface area contributed by atoms with E-state index >= 15 is 0 Å². The van der Waals surface area contributed by atoms with Crippen molar-refractivity contribution in [3.05, 3.63) is 69.8 Å². The summed E-state index contributed by atoms with van der Waals surface area (Å²) >= 11 is 0. The van der Waals surface area contributed by atoms with Gasteiger partial charge < -0.3 is 9.84 Å². The largest absolute Gasteiger partial charge is 0.494 e. The van der Waals surface area contributed by atoms with Crippen LogP contribution in [-0.2, 0) is 6.54 Å².